The highest BCUT2D eigenvalue weighted by Gasteiger charge is 2.38. The summed E-state index contributed by atoms with van der Waals surface area (Å²) in [6.07, 6.45) is 14.3. The van der Waals surface area contributed by atoms with Crippen LogP contribution in [0.15, 0.2) is 35.2 Å². The molecule has 1 saturated carbocycles. The Bertz CT molecular complexity index is 2010. The Balaban J connectivity index is 0.000000449. The molecule has 2 aromatic carbocycles. The molecule has 0 spiro atoms. The maximum absolute atomic E-state index is 13.4. The van der Waals surface area contributed by atoms with E-state index < -0.39 is 63.5 Å². The lowest BCUT2D eigenvalue weighted by Gasteiger charge is -2.32. The molecule has 8 N–H and O–H groups in total. The summed E-state index contributed by atoms with van der Waals surface area (Å²) in [6.45, 7) is 19.8. The maximum Gasteiger partial charge on any atom is 0.347 e. The third kappa shape index (κ3) is 17.4. The van der Waals surface area contributed by atoms with Crippen LogP contribution in [0.4, 0.5) is 11.4 Å². The Kier molecular flexibility index (Phi) is 25.9. The van der Waals surface area contributed by atoms with E-state index in [1.54, 1.807) is 19.1 Å². The first kappa shape index (κ1) is 58.4. The molecule has 4 rings (SSSR count). The summed E-state index contributed by atoms with van der Waals surface area (Å²) < 4.78 is 56.9. The predicted molar refractivity (Wildman–Crippen MR) is 262 cm³/mol. The number of nitrogens with one attached hydrogen (secondary N) is 2. The van der Waals surface area contributed by atoms with Gasteiger partial charge in [0.25, 0.3) is 10.1 Å². The van der Waals surface area contributed by atoms with E-state index >= 15 is 0 Å². The van der Waals surface area contributed by atoms with Crippen LogP contribution in [-0.4, -0.2) is 97.1 Å². The SMILES string of the molecule is CCCCCCCCCCCC(N)P(=O)(OCC)OCC.CCN(CC)CC.C[C@@H](C(=O)O)[C@@H](C)C(=O)NC1CCC(Nc2cc(S(=O)(=O)O)c(N)c3c2C(=O)c2ccccc2C3=O)CC1. The maximum atomic E-state index is 13.4. The van der Waals surface area contributed by atoms with Crippen LogP contribution in [0.1, 0.15) is 177 Å². The molecular formula is C48H80N5O11PS. The molecule has 66 heavy (non-hydrogen) atoms. The van der Waals surface area contributed by atoms with Crippen LogP contribution in [0.25, 0.3) is 0 Å². The van der Waals surface area contributed by atoms with Gasteiger partial charge in [0, 0.05) is 34.8 Å². The van der Waals surface area contributed by atoms with Crippen LogP contribution >= 0.6 is 7.60 Å². The third-order valence-corrected chi connectivity index (χ3v) is 15.6. The van der Waals surface area contributed by atoms with E-state index in [0.29, 0.717) is 45.3 Å². The average Bonchev–Trinajstić information content (AvgIpc) is 3.28. The standard InChI is InChI=1S/C26H29N3O8S.C16H36NO3P.C6H15N/c1-12(13(2)26(33)34)25(32)29-15-9-7-14(8-10-15)28-18-11-19(38(35,36)37)22(27)21-20(18)23(30)16-5-3-4-6-17(16)24(21)31;1-4-7-8-9-10-11-12-13-14-15-16(17)21(18,19-5-2)20-6-3;1-4-7(5-2)6-3/h3-6,11-15,28H,7-10,27H2,1-2H3,(H,29,32)(H,33,34)(H,35,36,37);16H,4-15,17H2,1-3H3;4-6H2,1-3H3/t12-,13-,14?,15?;;/m1../s1. The first-order valence-electron chi connectivity index (χ1n) is 24.0. The molecule has 1 unspecified atom stereocenters. The molecule has 0 aliphatic heterocycles. The van der Waals surface area contributed by atoms with Gasteiger partial charge in [-0.1, -0.05) is 124 Å². The van der Waals surface area contributed by atoms with Gasteiger partial charge in [0.2, 0.25) is 5.91 Å². The van der Waals surface area contributed by atoms with Gasteiger partial charge in [0.05, 0.1) is 35.9 Å². The molecule has 2 aromatic rings. The smallest absolute Gasteiger partial charge is 0.347 e. The van der Waals surface area contributed by atoms with E-state index in [1.807, 2.05) is 13.8 Å². The van der Waals surface area contributed by atoms with Crippen molar-refractivity contribution < 1.29 is 50.9 Å². The number of rotatable bonds is 25. The fourth-order valence-corrected chi connectivity index (χ4v) is 10.4. The Morgan fingerprint density at radius 1 is 0.788 bits per heavy atom. The fourth-order valence-electron chi connectivity index (χ4n) is 8.08. The fraction of sp³-hybridized carbons (Fsp3) is 0.667. The minimum atomic E-state index is -4.81. The molecular weight excluding hydrogens is 886 g/mol. The van der Waals surface area contributed by atoms with Gasteiger partial charge >= 0.3 is 13.6 Å². The predicted octanol–water partition coefficient (Wildman–Crippen LogP) is 9.29. The summed E-state index contributed by atoms with van der Waals surface area (Å²) >= 11 is 0. The number of benzene rings is 2. The van der Waals surface area contributed by atoms with E-state index in [1.165, 1.54) is 83.6 Å². The first-order chi connectivity index (χ1) is 31.3. The quantitative estimate of drug-likeness (QED) is 0.0200. The van der Waals surface area contributed by atoms with Crippen molar-refractivity contribution in [3.05, 3.63) is 52.6 Å². The highest BCUT2D eigenvalue weighted by Crippen LogP contribution is 2.52. The largest absolute Gasteiger partial charge is 0.481 e. The number of carbonyl (C=O) groups is 4. The number of ketones is 2. The Morgan fingerprint density at radius 3 is 1.70 bits per heavy atom. The van der Waals surface area contributed by atoms with Gasteiger partial charge in [-0.05, 0) is 71.7 Å². The van der Waals surface area contributed by atoms with Crippen LogP contribution < -0.4 is 22.1 Å². The number of nitrogens with zero attached hydrogens (tertiary/aromatic N) is 1. The van der Waals surface area contributed by atoms with Crippen LogP contribution in [-0.2, 0) is 33.3 Å². The molecule has 1 fully saturated rings. The number of aliphatic carboxylic acids is 1. The number of hydrogen-bond donors (Lipinski definition) is 6. The Hall–Kier alpha value is -3.70. The number of fused-ring (bicyclic) bond motifs is 2. The van der Waals surface area contributed by atoms with Crippen molar-refractivity contribution in [2.45, 2.75) is 168 Å². The van der Waals surface area contributed by atoms with Crippen molar-refractivity contribution >= 4 is 52.5 Å². The number of carbonyl (C=O) groups excluding carboxylic acids is 3. The lowest BCUT2D eigenvalue weighted by atomic mass is 9.82. The average molecular weight is 966 g/mol. The lowest BCUT2D eigenvalue weighted by Crippen LogP contribution is -2.44. The summed E-state index contributed by atoms with van der Waals surface area (Å²) in [6, 6.07) is 6.83. The van der Waals surface area contributed by atoms with Crippen LogP contribution in [0.2, 0.25) is 0 Å². The summed E-state index contributed by atoms with van der Waals surface area (Å²) in [5.74, 6) is -4.51. The second kappa shape index (κ2) is 29.2. The molecule has 18 heteroatoms. The molecule has 1 amide bonds. The van der Waals surface area contributed by atoms with Crippen molar-refractivity contribution in [3.8, 4) is 0 Å². The molecule has 0 aromatic heterocycles. The number of nitrogens with two attached hydrogens (primary N) is 2. The number of hydrogen-bond acceptors (Lipinski definition) is 13. The number of carboxylic acids is 1. The van der Waals surface area contributed by atoms with Crippen molar-refractivity contribution in [2.24, 2.45) is 17.6 Å². The second-order valence-corrected chi connectivity index (χ2v) is 20.7. The molecule has 0 heterocycles. The van der Waals surface area contributed by atoms with Crippen molar-refractivity contribution in [3.63, 3.8) is 0 Å². The highest BCUT2D eigenvalue weighted by atomic mass is 32.2. The van der Waals surface area contributed by atoms with Gasteiger partial charge in [-0.25, -0.2) is 0 Å². The molecule has 3 atom stereocenters. The topological polar surface area (TPSA) is 258 Å². The normalized spacial score (nSPS) is 17.3. The highest BCUT2D eigenvalue weighted by molar-refractivity contribution is 7.86. The van der Waals surface area contributed by atoms with Crippen LogP contribution in [0, 0.1) is 11.8 Å². The molecule has 2 aliphatic rings. The lowest BCUT2D eigenvalue weighted by molar-refractivity contribution is -0.146. The summed E-state index contributed by atoms with van der Waals surface area (Å²) in [4.78, 5) is 52.1. The van der Waals surface area contributed by atoms with Gasteiger partial charge in [0.1, 0.15) is 10.7 Å². The zero-order chi connectivity index (χ0) is 49.6. The zero-order valence-electron chi connectivity index (χ0n) is 40.7. The van der Waals surface area contributed by atoms with E-state index in [4.69, 9.17) is 25.6 Å². The molecule has 0 saturated heterocycles. The number of unbranched alkanes of at least 4 members (excludes halogenated alkanes) is 8. The summed E-state index contributed by atoms with van der Waals surface area (Å²) in [5.41, 5.74) is 11.6. The molecule has 0 radical (unpaired) electrons. The monoisotopic (exact) mass is 966 g/mol. The van der Waals surface area contributed by atoms with Crippen molar-refractivity contribution in [2.75, 3.05) is 43.9 Å². The Labute approximate surface area is 394 Å². The number of carboxylic acid groups (broad SMARTS) is 1. The van der Waals surface area contributed by atoms with Crippen LogP contribution in [0.3, 0.4) is 0 Å². The third-order valence-electron chi connectivity index (χ3n) is 12.4. The van der Waals surface area contributed by atoms with E-state index in [9.17, 15) is 36.7 Å². The number of anilines is 2. The van der Waals surface area contributed by atoms with Crippen molar-refractivity contribution in [1.82, 2.24) is 10.2 Å². The number of nitrogen functional groups attached to an aromatic ring is 1. The van der Waals surface area contributed by atoms with Gasteiger partial charge in [-0.3, -0.25) is 28.3 Å². The summed E-state index contributed by atoms with van der Waals surface area (Å²) in [5, 5.41) is 15.2. The Morgan fingerprint density at radius 2 is 1.26 bits per heavy atom. The second-order valence-electron chi connectivity index (χ2n) is 17.1. The molecule has 0 bridgehead atoms. The van der Waals surface area contributed by atoms with Crippen molar-refractivity contribution in [1.29, 1.82) is 0 Å². The molecule has 2 aliphatic carbocycles. The van der Waals surface area contributed by atoms with E-state index in [-0.39, 0.29) is 45.9 Å². The minimum absolute atomic E-state index is 0.0505. The van der Waals surface area contributed by atoms with Gasteiger partial charge in [-0.15, -0.1) is 0 Å². The first-order valence-corrected chi connectivity index (χ1v) is 27.1. The molecule has 374 valence electrons. The minimum Gasteiger partial charge on any atom is -0.481 e. The van der Waals surface area contributed by atoms with E-state index in [2.05, 4.69) is 43.2 Å². The number of amides is 1. The van der Waals surface area contributed by atoms with E-state index in [0.717, 1.165) is 18.9 Å². The van der Waals surface area contributed by atoms with Gasteiger partial charge in [0.15, 0.2) is 11.6 Å². The van der Waals surface area contributed by atoms with Gasteiger partial charge < -0.3 is 41.2 Å². The zero-order valence-corrected chi connectivity index (χ0v) is 42.4. The molecule has 16 nitrogen and oxygen atoms in total. The summed E-state index contributed by atoms with van der Waals surface area (Å²) in [7, 11) is -7.92. The van der Waals surface area contributed by atoms with Crippen LogP contribution in [0.5, 0.6) is 0 Å². The van der Waals surface area contributed by atoms with Gasteiger partial charge in [-0.2, -0.15) is 8.42 Å².